The summed E-state index contributed by atoms with van der Waals surface area (Å²) in [6.07, 6.45) is 1.68. The Morgan fingerprint density at radius 1 is 1.27 bits per heavy atom. The van der Waals surface area contributed by atoms with Crippen LogP contribution in [0.5, 0.6) is 0 Å². The molecule has 2 rings (SSSR count). The third-order valence-electron chi connectivity index (χ3n) is 2.19. The van der Waals surface area contributed by atoms with E-state index in [4.69, 9.17) is 0 Å². The van der Waals surface area contributed by atoms with Crippen molar-refractivity contribution in [3.8, 4) is 11.1 Å². The summed E-state index contributed by atoms with van der Waals surface area (Å²) in [5, 5.41) is 0. The summed E-state index contributed by atoms with van der Waals surface area (Å²) in [4.78, 5) is 11.2. The second-order valence-electron chi connectivity index (χ2n) is 3.29. The molecule has 0 aliphatic heterocycles. The lowest BCUT2D eigenvalue weighted by Gasteiger charge is -2.03. The Labute approximate surface area is 86.6 Å². The highest BCUT2D eigenvalue weighted by molar-refractivity contribution is 5.61. The minimum absolute atomic E-state index is 0.0817. The van der Waals surface area contributed by atoms with Gasteiger partial charge in [0.25, 0.3) is 0 Å². The van der Waals surface area contributed by atoms with E-state index in [1.165, 1.54) is 22.8 Å². The third-order valence-corrected chi connectivity index (χ3v) is 2.19. The van der Waals surface area contributed by atoms with Crippen LogP contribution < -0.4 is 5.56 Å². The molecule has 0 fully saturated rings. The molecular weight excluding hydrogens is 193 g/mol. The Hall–Kier alpha value is -1.90. The second kappa shape index (κ2) is 3.69. The van der Waals surface area contributed by atoms with E-state index in [0.29, 0.717) is 0 Å². The number of rotatable bonds is 1. The molecule has 0 bridgehead atoms. The van der Waals surface area contributed by atoms with Crippen LogP contribution in [0.1, 0.15) is 0 Å². The molecule has 15 heavy (non-hydrogen) atoms. The molecule has 2 nitrogen and oxygen atoms in total. The van der Waals surface area contributed by atoms with E-state index in [2.05, 4.69) is 6.07 Å². The average molecular weight is 202 g/mol. The average Bonchev–Trinajstić information content (AvgIpc) is 2.22. The predicted octanol–water partition coefficient (Wildman–Crippen LogP) is 1.99. The molecule has 75 valence electrons. The van der Waals surface area contributed by atoms with E-state index in [9.17, 15) is 9.18 Å². The first-order chi connectivity index (χ1) is 7.16. The Bertz CT molecular complexity index is 545. The van der Waals surface area contributed by atoms with Crippen molar-refractivity contribution in [2.75, 3.05) is 0 Å². The predicted molar refractivity (Wildman–Crippen MR) is 55.9 cm³/mol. The van der Waals surface area contributed by atoms with Crippen LogP contribution in [-0.4, -0.2) is 4.57 Å². The van der Waals surface area contributed by atoms with Crippen molar-refractivity contribution in [3.63, 3.8) is 0 Å². The number of aryl methyl sites for hydroxylation is 1. The molecule has 0 saturated carbocycles. The molecule has 0 aliphatic rings. The number of nitrogens with zero attached hydrogens (tertiary/aromatic N) is 1. The van der Waals surface area contributed by atoms with E-state index in [1.54, 1.807) is 25.4 Å². The van der Waals surface area contributed by atoms with Crippen LogP contribution in [0.15, 0.2) is 41.3 Å². The number of benzene rings is 1. The fraction of sp³-hybridized carbons (Fsp3) is 0.0833. The van der Waals surface area contributed by atoms with Gasteiger partial charge in [0.15, 0.2) is 0 Å². The van der Waals surface area contributed by atoms with Gasteiger partial charge in [0.2, 0.25) is 5.56 Å². The van der Waals surface area contributed by atoms with Crippen molar-refractivity contribution in [2.24, 2.45) is 7.05 Å². The van der Waals surface area contributed by atoms with Crippen molar-refractivity contribution in [3.05, 3.63) is 58.8 Å². The summed E-state index contributed by atoms with van der Waals surface area (Å²) in [5.74, 6) is -0.402. The monoisotopic (exact) mass is 202 g/mol. The van der Waals surface area contributed by atoms with Gasteiger partial charge in [-0.2, -0.15) is 0 Å². The van der Waals surface area contributed by atoms with Crippen molar-refractivity contribution < 1.29 is 4.39 Å². The molecule has 2 aromatic rings. The lowest BCUT2D eigenvalue weighted by molar-refractivity contribution is 0.626. The summed E-state index contributed by atoms with van der Waals surface area (Å²) >= 11 is 0. The highest BCUT2D eigenvalue weighted by Crippen LogP contribution is 2.17. The van der Waals surface area contributed by atoms with E-state index in [-0.39, 0.29) is 5.56 Å². The topological polar surface area (TPSA) is 22.0 Å². The molecule has 0 N–H and O–H groups in total. The highest BCUT2D eigenvalue weighted by Gasteiger charge is 2.00. The zero-order valence-electron chi connectivity index (χ0n) is 8.20. The quantitative estimate of drug-likeness (QED) is 0.693. The van der Waals surface area contributed by atoms with Gasteiger partial charge in [-0.15, -0.1) is 0 Å². The number of aromatic nitrogens is 1. The third kappa shape index (κ3) is 1.96. The molecule has 0 atom stereocenters. The number of hydrogen-bond donors (Lipinski definition) is 0. The van der Waals surface area contributed by atoms with Gasteiger partial charge in [-0.05, 0) is 23.3 Å². The largest absolute Gasteiger partial charge is 0.318 e. The molecule has 0 aliphatic carbocycles. The zero-order valence-corrected chi connectivity index (χ0v) is 8.20. The van der Waals surface area contributed by atoms with Crippen LogP contribution in [-0.2, 0) is 7.05 Å². The van der Waals surface area contributed by atoms with E-state index >= 15 is 0 Å². The maximum atomic E-state index is 12.9. The van der Waals surface area contributed by atoms with Gasteiger partial charge in [-0.3, -0.25) is 4.79 Å². The van der Waals surface area contributed by atoms with Crippen LogP contribution in [0.25, 0.3) is 11.1 Å². The van der Waals surface area contributed by atoms with Crippen LogP contribution in [0, 0.1) is 11.9 Å². The van der Waals surface area contributed by atoms with Crippen molar-refractivity contribution in [2.45, 2.75) is 0 Å². The minimum Gasteiger partial charge on any atom is -0.318 e. The Morgan fingerprint density at radius 3 is 2.73 bits per heavy atom. The molecule has 0 saturated heterocycles. The smallest absolute Gasteiger partial charge is 0.250 e. The van der Waals surface area contributed by atoms with Gasteiger partial charge >= 0.3 is 0 Å². The van der Waals surface area contributed by atoms with Gasteiger partial charge in [-0.25, -0.2) is 4.39 Å². The second-order valence-corrected chi connectivity index (χ2v) is 3.29. The van der Waals surface area contributed by atoms with Crippen molar-refractivity contribution in [1.82, 2.24) is 4.57 Å². The molecule has 0 amide bonds. The van der Waals surface area contributed by atoms with E-state index in [1.807, 2.05) is 0 Å². The molecule has 0 unspecified atom stereocenters. The van der Waals surface area contributed by atoms with Crippen molar-refractivity contribution >= 4 is 0 Å². The fourth-order valence-electron chi connectivity index (χ4n) is 1.38. The SMILES string of the molecule is Cn1cc(-c2cc[c]c(F)c2)ccc1=O. The first-order valence-electron chi connectivity index (χ1n) is 4.51. The molecule has 1 radical (unpaired) electrons. The molecule has 1 aromatic heterocycles. The fourth-order valence-corrected chi connectivity index (χ4v) is 1.38. The first kappa shape index (κ1) is 9.65. The summed E-state index contributed by atoms with van der Waals surface area (Å²) in [6, 6.07) is 10.2. The van der Waals surface area contributed by atoms with Gasteiger partial charge < -0.3 is 4.57 Å². The van der Waals surface area contributed by atoms with Gasteiger partial charge in [0.05, 0.1) is 0 Å². The summed E-state index contributed by atoms with van der Waals surface area (Å²) in [6.45, 7) is 0. The Morgan fingerprint density at radius 2 is 2.07 bits per heavy atom. The van der Waals surface area contributed by atoms with Crippen LogP contribution in [0.3, 0.4) is 0 Å². The summed E-state index contributed by atoms with van der Waals surface area (Å²) < 4.78 is 14.4. The Balaban J connectivity index is 2.55. The number of hydrogen-bond acceptors (Lipinski definition) is 1. The molecule has 0 spiro atoms. The number of halogens is 1. The van der Waals surface area contributed by atoms with Crippen LogP contribution in [0.4, 0.5) is 4.39 Å². The van der Waals surface area contributed by atoms with Gasteiger partial charge in [-0.1, -0.05) is 12.1 Å². The molecular formula is C12H9FNO. The summed E-state index contributed by atoms with van der Waals surface area (Å²) in [5.41, 5.74) is 1.47. The molecule has 1 aromatic carbocycles. The molecule has 3 heteroatoms. The van der Waals surface area contributed by atoms with Crippen molar-refractivity contribution in [1.29, 1.82) is 0 Å². The Kier molecular flexibility index (Phi) is 2.37. The normalized spacial score (nSPS) is 10.3. The van der Waals surface area contributed by atoms with Crippen LogP contribution in [0.2, 0.25) is 0 Å². The van der Waals surface area contributed by atoms with E-state index in [0.717, 1.165) is 11.1 Å². The minimum atomic E-state index is -0.402. The first-order valence-corrected chi connectivity index (χ1v) is 4.51. The number of pyridine rings is 1. The summed E-state index contributed by atoms with van der Waals surface area (Å²) in [7, 11) is 1.66. The van der Waals surface area contributed by atoms with Crippen LogP contribution >= 0.6 is 0 Å². The standard InChI is InChI=1S/C12H9FNO/c1-14-8-10(5-6-12(14)15)9-3-2-4-11(13)7-9/h2-3,5-8H,1H3. The van der Waals surface area contributed by atoms with E-state index < -0.39 is 5.82 Å². The van der Waals surface area contributed by atoms with Gasteiger partial charge in [0, 0.05) is 25.4 Å². The maximum Gasteiger partial charge on any atom is 0.250 e. The maximum absolute atomic E-state index is 12.9. The molecule has 1 heterocycles. The highest BCUT2D eigenvalue weighted by atomic mass is 19.1. The van der Waals surface area contributed by atoms with Gasteiger partial charge in [0.1, 0.15) is 5.82 Å². The lowest BCUT2D eigenvalue weighted by atomic mass is 10.1. The zero-order chi connectivity index (χ0) is 10.8. The lowest BCUT2D eigenvalue weighted by Crippen LogP contribution is -2.13.